The van der Waals surface area contributed by atoms with Gasteiger partial charge in [0.05, 0.1) is 17.7 Å². The van der Waals surface area contributed by atoms with Crippen molar-refractivity contribution in [3.63, 3.8) is 0 Å². The standard InChI is InChI=1S/C11H12ClN3O/c12-10-4-8(6-13)5-11(14-10)15-3-1-2-9(16)7-15/h4-5,9,16H,1-3,7H2. The third kappa shape index (κ3) is 2.43. The highest BCUT2D eigenvalue weighted by Crippen LogP contribution is 2.21. The van der Waals surface area contributed by atoms with E-state index < -0.39 is 0 Å². The van der Waals surface area contributed by atoms with Crippen LogP contribution in [0.3, 0.4) is 0 Å². The van der Waals surface area contributed by atoms with Crippen LogP contribution in [-0.2, 0) is 0 Å². The normalized spacial score (nSPS) is 20.6. The quantitative estimate of drug-likeness (QED) is 0.754. The molecule has 0 spiro atoms. The van der Waals surface area contributed by atoms with Crippen molar-refractivity contribution in [2.75, 3.05) is 18.0 Å². The molecule has 1 fully saturated rings. The molecule has 1 aromatic rings. The van der Waals surface area contributed by atoms with Crippen LogP contribution in [0, 0.1) is 11.3 Å². The molecule has 0 amide bonds. The number of aliphatic hydroxyl groups is 1. The van der Waals surface area contributed by atoms with Crippen LogP contribution in [0.1, 0.15) is 18.4 Å². The van der Waals surface area contributed by atoms with Gasteiger partial charge in [-0.15, -0.1) is 0 Å². The number of piperidine rings is 1. The average Bonchev–Trinajstić information content (AvgIpc) is 2.28. The largest absolute Gasteiger partial charge is 0.391 e. The first kappa shape index (κ1) is 11.2. The van der Waals surface area contributed by atoms with E-state index >= 15 is 0 Å². The molecule has 1 aromatic heterocycles. The molecule has 0 aliphatic carbocycles. The zero-order valence-corrected chi connectivity index (χ0v) is 9.48. The molecule has 84 valence electrons. The number of rotatable bonds is 1. The summed E-state index contributed by atoms with van der Waals surface area (Å²) in [6.45, 7) is 1.40. The van der Waals surface area contributed by atoms with Gasteiger partial charge in [0.2, 0.25) is 0 Å². The maximum Gasteiger partial charge on any atom is 0.132 e. The lowest BCUT2D eigenvalue weighted by Crippen LogP contribution is -2.38. The molecule has 1 unspecified atom stereocenters. The summed E-state index contributed by atoms with van der Waals surface area (Å²) in [5.74, 6) is 0.669. The molecule has 4 nitrogen and oxygen atoms in total. The lowest BCUT2D eigenvalue weighted by Gasteiger charge is -2.31. The van der Waals surface area contributed by atoms with Crippen LogP contribution in [0.25, 0.3) is 0 Å². The van der Waals surface area contributed by atoms with E-state index in [0.717, 1.165) is 19.4 Å². The van der Waals surface area contributed by atoms with E-state index in [1.165, 1.54) is 6.07 Å². The van der Waals surface area contributed by atoms with E-state index in [-0.39, 0.29) is 6.10 Å². The van der Waals surface area contributed by atoms with Crippen molar-refractivity contribution in [3.8, 4) is 6.07 Å². The Hall–Kier alpha value is -1.31. The Morgan fingerprint density at radius 3 is 3.06 bits per heavy atom. The number of hydrogen-bond acceptors (Lipinski definition) is 4. The maximum absolute atomic E-state index is 9.57. The number of nitrogens with zero attached hydrogens (tertiary/aromatic N) is 3. The molecule has 0 saturated carbocycles. The first-order chi connectivity index (χ1) is 7.69. The summed E-state index contributed by atoms with van der Waals surface area (Å²) < 4.78 is 0. The maximum atomic E-state index is 9.57. The predicted octanol–water partition coefficient (Wildman–Crippen LogP) is 1.57. The fourth-order valence-electron chi connectivity index (χ4n) is 1.87. The van der Waals surface area contributed by atoms with Crippen molar-refractivity contribution in [2.45, 2.75) is 18.9 Å². The predicted molar refractivity (Wildman–Crippen MR) is 61.4 cm³/mol. The second-order valence-electron chi connectivity index (χ2n) is 3.89. The van der Waals surface area contributed by atoms with Gasteiger partial charge in [0.25, 0.3) is 0 Å². The second-order valence-corrected chi connectivity index (χ2v) is 4.28. The number of halogens is 1. The van der Waals surface area contributed by atoms with Gasteiger partial charge in [0.15, 0.2) is 0 Å². The first-order valence-corrected chi connectivity index (χ1v) is 5.57. The highest BCUT2D eigenvalue weighted by Gasteiger charge is 2.19. The van der Waals surface area contributed by atoms with Crippen LogP contribution in [0.2, 0.25) is 5.15 Å². The summed E-state index contributed by atoms with van der Waals surface area (Å²) in [7, 11) is 0. The number of aromatic nitrogens is 1. The highest BCUT2D eigenvalue weighted by atomic mass is 35.5. The molecule has 1 saturated heterocycles. The summed E-state index contributed by atoms with van der Waals surface area (Å²) in [4.78, 5) is 6.13. The minimum absolute atomic E-state index is 0.314. The van der Waals surface area contributed by atoms with Crippen molar-refractivity contribution in [1.82, 2.24) is 4.98 Å². The molecule has 0 aromatic carbocycles. The van der Waals surface area contributed by atoms with E-state index in [2.05, 4.69) is 4.98 Å². The van der Waals surface area contributed by atoms with Gasteiger partial charge in [0, 0.05) is 13.1 Å². The van der Waals surface area contributed by atoms with Crippen LogP contribution in [-0.4, -0.2) is 29.3 Å². The molecule has 1 aliphatic heterocycles. The van der Waals surface area contributed by atoms with Gasteiger partial charge >= 0.3 is 0 Å². The molecule has 0 bridgehead atoms. The molecule has 5 heteroatoms. The number of nitriles is 1. The third-order valence-electron chi connectivity index (χ3n) is 2.63. The molecular weight excluding hydrogens is 226 g/mol. The summed E-state index contributed by atoms with van der Waals surface area (Å²) in [5.41, 5.74) is 0.495. The summed E-state index contributed by atoms with van der Waals surface area (Å²) in [6.07, 6.45) is 1.43. The minimum atomic E-state index is -0.319. The lowest BCUT2D eigenvalue weighted by molar-refractivity contribution is 0.154. The second kappa shape index (κ2) is 4.69. The minimum Gasteiger partial charge on any atom is -0.391 e. The lowest BCUT2D eigenvalue weighted by atomic mass is 10.1. The van der Waals surface area contributed by atoms with Gasteiger partial charge in [-0.05, 0) is 25.0 Å². The number of anilines is 1. The van der Waals surface area contributed by atoms with Crippen LogP contribution >= 0.6 is 11.6 Å². The zero-order chi connectivity index (χ0) is 11.5. The van der Waals surface area contributed by atoms with Crippen molar-refractivity contribution in [2.24, 2.45) is 0 Å². The highest BCUT2D eigenvalue weighted by molar-refractivity contribution is 6.29. The van der Waals surface area contributed by atoms with Crippen LogP contribution < -0.4 is 4.90 Å². The SMILES string of the molecule is N#Cc1cc(Cl)nc(N2CCCC(O)C2)c1. The molecule has 0 radical (unpaired) electrons. The summed E-state index contributed by atoms with van der Waals surface area (Å²) >= 11 is 5.83. The van der Waals surface area contributed by atoms with E-state index in [9.17, 15) is 5.11 Å². The Morgan fingerprint density at radius 2 is 2.38 bits per heavy atom. The van der Waals surface area contributed by atoms with E-state index in [1.807, 2.05) is 11.0 Å². The number of pyridine rings is 1. The van der Waals surface area contributed by atoms with E-state index in [1.54, 1.807) is 6.07 Å². The molecule has 2 rings (SSSR count). The van der Waals surface area contributed by atoms with E-state index in [0.29, 0.717) is 23.1 Å². The van der Waals surface area contributed by atoms with Crippen molar-refractivity contribution >= 4 is 17.4 Å². The fourth-order valence-corrected chi connectivity index (χ4v) is 2.08. The van der Waals surface area contributed by atoms with Gasteiger partial charge in [-0.1, -0.05) is 11.6 Å². The Balaban J connectivity index is 2.26. The average molecular weight is 238 g/mol. The van der Waals surface area contributed by atoms with Gasteiger partial charge in [-0.2, -0.15) is 5.26 Å². The summed E-state index contributed by atoms with van der Waals surface area (Å²) in [6, 6.07) is 5.28. The van der Waals surface area contributed by atoms with E-state index in [4.69, 9.17) is 16.9 Å². The summed E-state index contributed by atoms with van der Waals surface area (Å²) in [5, 5.41) is 18.7. The Morgan fingerprint density at radius 1 is 1.56 bits per heavy atom. The van der Waals surface area contributed by atoms with Crippen LogP contribution in [0.5, 0.6) is 0 Å². The van der Waals surface area contributed by atoms with Crippen molar-refractivity contribution < 1.29 is 5.11 Å². The molecular formula is C11H12ClN3O. The van der Waals surface area contributed by atoms with Crippen molar-refractivity contribution in [3.05, 3.63) is 22.8 Å². The molecule has 1 atom stereocenters. The number of β-amino-alcohol motifs (C(OH)–C–C–N with tert-alkyl or cyclic N) is 1. The van der Waals surface area contributed by atoms with Crippen LogP contribution in [0.15, 0.2) is 12.1 Å². The van der Waals surface area contributed by atoms with Crippen LogP contribution in [0.4, 0.5) is 5.82 Å². The van der Waals surface area contributed by atoms with Gasteiger partial charge in [0.1, 0.15) is 11.0 Å². The molecule has 16 heavy (non-hydrogen) atoms. The van der Waals surface area contributed by atoms with Gasteiger partial charge in [-0.3, -0.25) is 0 Å². The monoisotopic (exact) mass is 237 g/mol. The van der Waals surface area contributed by atoms with Gasteiger partial charge in [-0.25, -0.2) is 4.98 Å². The van der Waals surface area contributed by atoms with Crippen molar-refractivity contribution in [1.29, 1.82) is 5.26 Å². The van der Waals surface area contributed by atoms with Gasteiger partial charge < -0.3 is 10.0 Å². The third-order valence-corrected chi connectivity index (χ3v) is 2.82. The Kier molecular flexibility index (Phi) is 3.28. The molecule has 1 N–H and O–H groups in total. The Labute approximate surface area is 99.1 Å². The fraction of sp³-hybridized carbons (Fsp3) is 0.455. The smallest absolute Gasteiger partial charge is 0.132 e. The first-order valence-electron chi connectivity index (χ1n) is 5.20. The zero-order valence-electron chi connectivity index (χ0n) is 8.73. The topological polar surface area (TPSA) is 60.2 Å². The molecule has 1 aliphatic rings. The number of hydrogen-bond donors (Lipinski definition) is 1. The molecule has 2 heterocycles. The number of aliphatic hydroxyl groups excluding tert-OH is 1. The Bertz CT molecular complexity index is 430.